The van der Waals surface area contributed by atoms with Gasteiger partial charge in [0.05, 0.1) is 5.69 Å². The van der Waals surface area contributed by atoms with Crippen LogP contribution in [0.1, 0.15) is 34.7 Å². The number of rotatable bonds is 5. The highest BCUT2D eigenvalue weighted by Crippen LogP contribution is 2.25. The van der Waals surface area contributed by atoms with Crippen molar-refractivity contribution in [3.63, 3.8) is 0 Å². The summed E-state index contributed by atoms with van der Waals surface area (Å²) >= 11 is 0. The van der Waals surface area contributed by atoms with Gasteiger partial charge in [0.25, 0.3) is 5.91 Å². The smallest absolute Gasteiger partial charge is 0.253 e. The second-order valence-corrected chi connectivity index (χ2v) is 8.09. The number of nitrogens with zero attached hydrogens (tertiary/aromatic N) is 7. The van der Waals surface area contributed by atoms with E-state index in [1.807, 2.05) is 60.4 Å². The third kappa shape index (κ3) is 4.14. The molecular formula is C23H23N7O2. The summed E-state index contributed by atoms with van der Waals surface area (Å²) in [6.07, 6.45) is 4.14. The Hall–Kier alpha value is -3.88. The molecule has 9 nitrogen and oxygen atoms in total. The van der Waals surface area contributed by atoms with Crippen LogP contribution in [-0.4, -0.2) is 54.2 Å². The molecule has 0 radical (unpaired) electrons. The molecule has 4 aromatic rings. The van der Waals surface area contributed by atoms with Gasteiger partial charge in [-0.05, 0) is 59.9 Å². The molecule has 0 saturated carbocycles. The summed E-state index contributed by atoms with van der Waals surface area (Å²) in [5.74, 6) is 1.51. The fourth-order valence-corrected chi connectivity index (χ4v) is 4.18. The van der Waals surface area contributed by atoms with E-state index in [1.54, 1.807) is 0 Å². The number of hydrogen-bond donors (Lipinski definition) is 0. The summed E-state index contributed by atoms with van der Waals surface area (Å²) in [4.78, 5) is 19.7. The first-order valence-corrected chi connectivity index (χ1v) is 10.7. The largest absolute Gasteiger partial charge is 0.339 e. The van der Waals surface area contributed by atoms with E-state index in [9.17, 15) is 4.79 Å². The van der Waals surface area contributed by atoms with E-state index in [-0.39, 0.29) is 11.8 Å². The molecular weight excluding hydrogens is 406 g/mol. The second-order valence-electron chi connectivity index (χ2n) is 8.09. The average Bonchev–Trinajstić information content (AvgIpc) is 3.52. The van der Waals surface area contributed by atoms with Gasteiger partial charge < -0.3 is 9.42 Å². The number of piperidine rings is 1. The Morgan fingerprint density at radius 3 is 2.94 bits per heavy atom. The average molecular weight is 429 g/mol. The molecule has 1 aliphatic heterocycles. The Kier molecular flexibility index (Phi) is 5.45. The first-order valence-electron chi connectivity index (χ1n) is 10.7. The van der Waals surface area contributed by atoms with Crippen LogP contribution in [0.15, 0.2) is 59.4 Å². The van der Waals surface area contributed by atoms with Gasteiger partial charge >= 0.3 is 0 Å². The first-order chi connectivity index (χ1) is 15.7. The molecule has 5 rings (SSSR count). The van der Waals surface area contributed by atoms with E-state index in [0.29, 0.717) is 30.2 Å². The minimum Gasteiger partial charge on any atom is -0.339 e. The molecule has 162 valence electrons. The molecule has 2 aromatic carbocycles. The van der Waals surface area contributed by atoms with Gasteiger partial charge in [0.15, 0.2) is 0 Å². The van der Waals surface area contributed by atoms with Crippen molar-refractivity contribution < 1.29 is 9.32 Å². The molecule has 0 bridgehead atoms. The topological polar surface area (TPSA) is 103 Å². The Morgan fingerprint density at radius 1 is 1.19 bits per heavy atom. The SMILES string of the molecule is Cc1ccccc1-c1noc(CC2CCCN(C(=O)c3cccc(-n4cnnn4)c3)C2)n1. The molecule has 2 aromatic heterocycles. The molecule has 1 amide bonds. The molecule has 1 fully saturated rings. The summed E-state index contributed by atoms with van der Waals surface area (Å²) < 4.78 is 7.07. The molecule has 0 N–H and O–H groups in total. The van der Waals surface area contributed by atoms with Crippen LogP contribution < -0.4 is 0 Å². The maximum Gasteiger partial charge on any atom is 0.253 e. The van der Waals surface area contributed by atoms with Gasteiger partial charge in [-0.25, -0.2) is 4.68 Å². The maximum absolute atomic E-state index is 13.2. The summed E-state index contributed by atoms with van der Waals surface area (Å²) in [7, 11) is 0. The lowest BCUT2D eigenvalue weighted by atomic mass is 9.94. The van der Waals surface area contributed by atoms with E-state index < -0.39 is 0 Å². The van der Waals surface area contributed by atoms with Gasteiger partial charge in [-0.3, -0.25) is 4.79 Å². The highest BCUT2D eigenvalue weighted by molar-refractivity contribution is 5.94. The van der Waals surface area contributed by atoms with Crippen LogP contribution in [0.3, 0.4) is 0 Å². The van der Waals surface area contributed by atoms with Crippen LogP contribution in [0.4, 0.5) is 0 Å². The predicted octanol–water partition coefficient (Wildman–Crippen LogP) is 3.12. The molecule has 9 heteroatoms. The number of carbonyl (C=O) groups excluding carboxylic acids is 1. The standard InChI is InChI=1S/C23H23N7O2/c1-16-6-2-3-10-20(16)22-25-21(32-26-22)12-17-7-5-11-29(14-17)23(31)18-8-4-9-19(13-18)30-15-24-27-28-30/h2-4,6,8-10,13,15,17H,5,7,11-12,14H2,1H3. The van der Waals surface area contributed by atoms with Crippen LogP contribution in [0, 0.1) is 12.8 Å². The fourth-order valence-electron chi connectivity index (χ4n) is 4.18. The number of tetrazole rings is 1. The van der Waals surface area contributed by atoms with E-state index in [0.717, 1.165) is 36.2 Å². The van der Waals surface area contributed by atoms with E-state index in [2.05, 4.69) is 25.7 Å². The van der Waals surface area contributed by atoms with Crippen LogP contribution in [0.5, 0.6) is 0 Å². The molecule has 1 aliphatic rings. The van der Waals surface area contributed by atoms with E-state index >= 15 is 0 Å². The zero-order valence-electron chi connectivity index (χ0n) is 17.8. The zero-order valence-corrected chi connectivity index (χ0v) is 17.8. The number of amides is 1. The zero-order chi connectivity index (χ0) is 21.9. The van der Waals surface area contributed by atoms with Crippen LogP contribution in [0.2, 0.25) is 0 Å². The molecule has 0 spiro atoms. The lowest BCUT2D eigenvalue weighted by molar-refractivity contribution is 0.0668. The highest BCUT2D eigenvalue weighted by Gasteiger charge is 2.26. The van der Waals surface area contributed by atoms with Crippen molar-refractivity contribution in [3.05, 3.63) is 71.9 Å². The summed E-state index contributed by atoms with van der Waals surface area (Å²) in [6.45, 7) is 3.43. The summed E-state index contributed by atoms with van der Waals surface area (Å²) in [5.41, 5.74) is 3.46. The normalized spacial score (nSPS) is 16.3. The highest BCUT2D eigenvalue weighted by atomic mass is 16.5. The van der Waals surface area contributed by atoms with Gasteiger partial charge in [0.1, 0.15) is 6.33 Å². The number of aromatic nitrogens is 6. The third-order valence-electron chi connectivity index (χ3n) is 5.83. The summed E-state index contributed by atoms with van der Waals surface area (Å²) in [6, 6.07) is 15.3. The number of likely N-dealkylation sites (tertiary alicyclic amines) is 1. The molecule has 1 atom stereocenters. The van der Waals surface area contributed by atoms with Gasteiger partial charge in [-0.2, -0.15) is 4.98 Å². The van der Waals surface area contributed by atoms with Crippen molar-refractivity contribution in [1.82, 2.24) is 35.2 Å². The van der Waals surface area contributed by atoms with Crippen molar-refractivity contribution in [2.45, 2.75) is 26.2 Å². The summed E-state index contributed by atoms with van der Waals surface area (Å²) in [5, 5.41) is 15.4. The molecule has 32 heavy (non-hydrogen) atoms. The lowest BCUT2D eigenvalue weighted by Gasteiger charge is -2.32. The van der Waals surface area contributed by atoms with E-state index in [4.69, 9.17) is 4.52 Å². The van der Waals surface area contributed by atoms with Crippen LogP contribution in [-0.2, 0) is 6.42 Å². The molecule has 1 unspecified atom stereocenters. The number of hydrogen-bond acceptors (Lipinski definition) is 7. The number of benzene rings is 2. The number of carbonyl (C=O) groups is 1. The minimum absolute atomic E-state index is 0.00996. The van der Waals surface area contributed by atoms with Crippen molar-refractivity contribution in [3.8, 4) is 17.1 Å². The number of aryl methyl sites for hydroxylation is 1. The Morgan fingerprint density at radius 2 is 2.09 bits per heavy atom. The fraction of sp³-hybridized carbons (Fsp3) is 0.304. The van der Waals surface area contributed by atoms with Crippen molar-refractivity contribution >= 4 is 5.91 Å². The van der Waals surface area contributed by atoms with Gasteiger partial charge in [0.2, 0.25) is 11.7 Å². The van der Waals surface area contributed by atoms with E-state index in [1.165, 1.54) is 11.0 Å². The van der Waals surface area contributed by atoms with Crippen LogP contribution in [0.25, 0.3) is 17.1 Å². The molecule has 1 saturated heterocycles. The van der Waals surface area contributed by atoms with Crippen molar-refractivity contribution in [2.24, 2.45) is 5.92 Å². The lowest BCUT2D eigenvalue weighted by Crippen LogP contribution is -2.40. The van der Waals surface area contributed by atoms with Gasteiger partial charge in [0, 0.05) is 30.6 Å². The predicted molar refractivity (Wildman–Crippen MR) is 116 cm³/mol. The minimum atomic E-state index is 0.00996. The van der Waals surface area contributed by atoms with Gasteiger partial charge in [-0.1, -0.05) is 35.5 Å². The molecule has 0 aliphatic carbocycles. The first kappa shape index (κ1) is 20.0. The quantitative estimate of drug-likeness (QED) is 0.480. The molecule has 3 heterocycles. The Labute approximate surface area is 185 Å². The monoisotopic (exact) mass is 429 g/mol. The third-order valence-corrected chi connectivity index (χ3v) is 5.83. The van der Waals surface area contributed by atoms with Gasteiger partial charge in [-0.15, -0.1) is 5.10 Å². The Bertz CT molecular complexity index is 1220. The van der Waals surface area contributed by atoms with Crippen LogP contribution >= 0.6 is 0 Å². The maximum atomic E-state index is 13.2. The van der Waals surface area contributed by atoms with Crippen molar-refractivity contribution in [1.29, 1.82) is 0 Å². The Balaban J connectivity index is 1.27. The van der Waals surface area contributed by atoms with Crippen molar-refractivity contribution in [2.75, 3.05) is 13.1 Å². The second kappa shape index (κ2) is 8.70.